The van der Waals surface area contributed by atoms with Crippen molar-refractivity contribution in [1.29, 1.82) is 0 Å². The molecule has 0 unspecified atom stereocenters. The fourth-order valence-corrected chi connectivity index (χ4v) is 1.51. The molecule has 0 aromatic rings. The lowest BCUT2D eigenvalue weighted by atomic mass is 10.3. The fraction of sp³-hybridized carbons (Fsp3) is 0.700. The monoisotopic (exact) mass is 228 g/mol. The maximum Gasteiger partial charge on any atom is 0.153 e. The molecular weight excluding hydrogens is 207 g/mol. The van der Waals surface area contributed by atoms with Crippen LogP contribution >= 0.6 is 8.35 Å². The summed E-state index contributed by atoms with van der Waals surface area (Å²) < 4.78 is 1.98. The smallest absolute Gasteiger partial charge is 0.153 e. The highest BCUT2D eigenvalue weighted by atomic mass is 31.1. The van der Waals surface area contributed by atoms with Crippen LogP contribution in [0.3, 0.4) is 0 Å². The van der Waals surface area contributed by atoms with Crippen LogP contribution in [0.1, 0.15) is 13.8 Å². The summed E-state index contributed by atoms with van der Waals surface area (Å²) in [6.45, 7) is 6.58. The molecule has 0 rings (SSSR count). The number of hydrogen-bond acceptors (Lipinski definition) is 3. The summed E-state index contributed by atoms with van der Waals surface area (Å²) in [5, 5.41) is 3.27. The van der Waals surface area contributed by atoms with Crippen LogP contribution in [-0.2, 0) is 0 Å². The second-order valence-corrected chi connectivity index (χ2v) is 3.80. The zero-order valence-electron chi connectivity index (χ0n) is 10.1. The molecule has 0 bridgehead atoms. The summed E-state index contributed by atoms with van der Waals surface area (Å²) in [7, 11) is 4.68. The molecule has 0 atom stereocenters. The van der Waals surface area contributed by atoms with E-state index < -0.39 is 0 Å². The van der Waals surface area contributed by atoms with Crippen LogP contribution < -0.4 is 5.32 Å². The quantitative estimate of drug-likeness (QED) is 0.423. The van der Waals surface area contributed by atoms with E-state index in [0.717, 1.165) is 39.5 Å². The summed E-state index contributed by atoms with van der Waals surface area (Å²) in [5.41, 5.74) is 1.00. The van der Waals surface area contributed by atoms with Crippen LogP contribution in [0, 0.1) is 0 Å². The minimum absolute atomic E-state index is 0.761. The normalized spacial score (nSPS) is 13.3. The van der Waals surface area contributed by atoms with E-state index in [2.05, 4.69) is 28.5 Å². The van der Waals surface area contributed by atoms with Gasteiger partial charge in [0.2, 0.25) is 0 Å². The summed E-state index contributed by atoms with van der Waals surface area (Å²) in [5.74, 6) is 0.912. The topological polar surface area (TPSA) is 40.0 Å². The summed E-state index contributed by atoms with van der Waals surface area (Å²) in [4.78, 5) is 8.71. The van der Waals surface area contributed by atoms with Gasteiger partial charge in [0.15, 0.2) is 5.84 Å². The SMILES string of the molecule is C=PN(C)C(=NC)C(CNCC)=NCC. The molecule has 5 heteroatoms. The molecule has 15 heavy (non-hydrogen) atoms. The first-order chi connectivity index (χ1) is 7.21. The van der Waals surface area contributed by atoms with E-state index in [1.807, 2.05) is 18.6 Å². The molecule has 0 aromatic carbocycles. The molecule has 0 amide bonds. The van der Waals surface area contributed by atoms with Gasteiger partial charge >= 0.3 is 0 Å². The largest absolute Gasteiger partial charge is 0.311 e. The lowest BCUT2D eigenvalue weighted by Crippen LogP contribution is -2.35. The molecule has 0 aliphatic heterocycles. The van der Waals surface area contributed by atoms with Crippen LogP contribution in [0.25, 0.3) is 0 Å². The molecule has 0 heterocycles. The summed E-state index contributed by atoms with van der Waals surface area (Å²) >= 11 is 0. The lowest BCUT2D eigenvalue weighted by molar-refractivity contribution is 0.802. The Morgan fingerprint density at radius 3 is 2.53 bits per heavy atom. The Kier molecular flexibility index (Phi) is 8.15. The predicted octanol–water partition coefficient (Wildman–Crippen LogP) is 1.31. The summed E-state index contributed by atoms with van der Waals surface area (Å²) in [6.07, 6.45) is 3.82. The van der Waals surface area contributed by atoms with Gasteiger partial charge in [0.05, 0.1) is 5.71 Å². The first-order valence-corrected chi connectivity index (χ1v) is 6.16. The van der Waals surface area contributed by atoms with E-state index in [4.69, 9.17) is 0 Å². The molecule has 4 nitrogen and oxygen atoms in total. The second-order valence-electron chi connectivity index (χ2n) is 2.91. The van der Waals surface area contributed by atoms with Crippen molar-refractivity contribution in [2.45, 2.75) is 13.8 Å². The maximum absolute atomic E-state index is 4.45. The summed E-state index contributed by atoms with van der Waals surface area (Å²) in [6, 6.07) is 0. The van der Waals surface area contributed by atoms with Crippen molar-refractivity contribution < 1.29 is 0 Å². The predicted molar refractivity (Wildman–Crippen MR) is 71.7 cm³/mol. The van der Waals surface area contributed by atoms with Gasteiger partial charge in [-0.2, -0.15) is 0 Å². The Labute approximate surface area is 94.4 Å². The van der Waals surface area contributed by atoms with Crippen molar-refractivity contribution in [2.24, 2.45) is 9.98 Å². The number of nitrogens with one attached hydrogen (secondary N) is 1. The van der Waals surface area contributed by atoms with Crippen LogP contribution in [0.2, 0.25) is 0 Å². The van der Waals surface area contributed by atoms with E-state index in [-0.39, 0.29) is 0 Å². The molecule has 0 radical (unpaired) electrons. The minimum Gasteiger partial charge on any atom is -0.311 e. The van der Waals surface area contributed by atoms with Crippen LogP contribution in [-0.4, -0.2) is 56.2 Å². The van der Waals surface area contributed by atoms with Gasteiger partial charge < -0.3 is 9.99 Å². The maximum atomic E-state index is 4.45. The highest BCUT2D eigenvalue weighted by Crippen LogP contribution is 2.03. The average molecular weight is 228 g/mol. The Hall–Kier alpha value is -0.730. The minimum atomic E-state index is 0.761. The molecule has 0 aromatic heterocycles. The fourth-order valence-electron chi connectivity index (χ4n) is 1.17. The number of nitrogens with zero attached hydrogens (tertiary/aromatic N) is 3. The Morgan fingerprint density at radius 2 is 2.13 bits per heavy atom. The zero-order chi connectivity index (χ0) is 11.7. The number of amidine groups is 1. The molecule has 0 aliphatic rings. The van der Waals surface area contributed by atoms with Gasteiger partial charge in [-0.1, -0.05) is 13.2 Å². The third-order valence-corrected chi connectivity index (χ3v) is 2.49. The lowest BCUT2D eigenvalue weighted by Gasteiger charge is -2.17. The van der Waals surface area contributed by atoms with Gasteiger partial charge in [0.25, 0.3) is 0 Å². The number of aliphatic imine (C=N–C) groups is 2. The van der Waals surface area contributed by atoms with E-state index >= 15 is 0 Å². The van der Waals surface area contributed by atoms with Crippen molar-refractivity contribution in [1.82, 2.24) is 9.99 Å². The Morgan fingerprint density at radius 1 is 1.47 bits per heavy atom. The molecule has 86 valence electrons. The van der Waals surface area contributed by atoms with Crippen molar-refractivity contribution >= 4 is 26.2 Å². The average Bonchev–Trinajstić information content (AvgIpc) is 2.26. The molecule has 0 saturated carbocycles. The number of hydrogen-bond donors (Lipinski definition) is 1. The molecule has 0 fully saturated rings. The molecule has 0 spiro atoms. The van der Waals surface area contributed by atoms with Crippen LogP contribution in [0.4, 0.5) is 0 Å². The highest BCUT2D eigenvalue weighted by molar-refractivity contribution is 7.35. The Bertz CT molecular complexity index is 248. The molecule has 1 N–H and O–H groups in total. The van der Waals surface area contributed by atoms with E-state index in [9.17, 15) is 0 Å². The third-order valence-electron chi connectivity index (χ3n) is 1.88. The zero-order valence-corrected chi connectivity index (χ0v) is 11.0. The van der Waals surface area contributed by atoms with Gasteiger partial charge in [0.1, 0.15) is 0 Å². The number of rotatable bonds is 6. The third kappa shape index (κ3) is 5.05. The van der Waals surface area contributed by atoms with Crippen molar-refractivity contribution in [3.63, 3.8) is 0 Å². The first-order valence-electron chi connectivity index (χ1n) is 5.12. The van der Waals surface area contributed by atoms with Gasteiger partial charge in [-0.3, -0.25) is 9.98 Å². The van der Waals surface area contributed by atoms with Crippen LogP contribution in [0.15, 0.2) is 9.98 Å². The second kappa shape index (κ2) is 8.57. The van der Waals surface area contributed by atoms with E-state index in [0.29, 0.717) is 0 Å². The van der Waals surface area contributed by atoms with Gasteiger partial charge in [-0.15, -0.1) is 0 Å². The van der Waals surface area contributed by atoms with Crippen molar-refractivity contribution in [2.75, 3.05) is 33.7 Å². The van der Waals surface area contributed by atoms with Gasteiger partial charge in [0, 0.05) is 35.5 Å². The van der Waals surface area contributed by atoms with Gasteiger partial charge in [-0.05, 0) is 13.5 Å². The van der Waals surface area contributed by atoms with E-state index in [1.54, 1.807) is 7.05 Å². The Balaban J connectivity index is 4.72. The van der Waals surface area contributed by atoms with E-state index in [1.165, 1.54) is 0 Å². The van der Waals surface area contributed by atoms with Crippen molar-refractivity contribution in [3.05, 3.63) is 0 Å². The van der Waals surface area contributed by atoms with Crippen LogP contribution in [0.5, 0.6) is 0 Å². The standard InChI is InChI=1S/C10H21N4P/c1-6-12-8-9(13-7-2)10(11-3)14(4)15-5/h12H,5-8H2,1-4H3. The van der Waals surface area contributed by atoms with Crippen molar-refractivity contribution in [3.8, 4) is 0 Å². The van der Waals surface area contributed by atoms with Gasteiger partial charge in [-0.25, -0.2) is 0 Å². The molecule has 0 aliphatic carbocycles. The highest BCUT2D eigenvalue weighted by Gasteiger charge is 2.10. The first kappa shape index (κ1) is 14.3. The molecular formula is C10H21N4P. The molecule has 0 saturated heterocycles.